The molecule has 2 heterocycles. The number of anilines is 1. The predicted octanol–water partition coefficient (Wildman–Crippen LogP) is 0.727. The highest BCUT2D eigenvalue weighted by Gasteiger charge is 2.36. The van der Waals surface area contributed by atoms with Gasteiger partial charge in [-0.15, -0.1) is 0 Å². The molecule has 1 aromatic heterocycles. The van der Waals surface area contributed by atoms with Gasteiger partial charge in [0.15, 0.2) is 0 Å². The molecule has 2 atom stereocenters. The summed E-state index contributed by atoms with van der Waals surface area (Å²) in [6.07, 6.45) is 7.27. The summed E-state index contributed by atoms with van der Waals surface area (Å²) < 4.78 is 5.77. The van der Waals surface area contributed by atoms with Crippen molar-refractivity contribution in [2.75, 3.05) is 18.1 Å². The first-order valence-electron chi connectivity index (χ1n) is 6.18. The van der Waals surface area contributed by atoms with Crippen LogP contribution in [0.15, 0.2) is 12.4 Å². The normalized spacial score (nSPS) is 28.2. The summed E-state index contributed by atoms with van der Waals surface area (Å²) in [5, 5.41) is 9.10. The number of aliphatic hydroxyl groups excluding tert-OH is 1. The molecule has 0 radical (unpaired) electrons. The van der Waals surface area contributed by atoms with E-state index < -0.39 is 0 Å². The van der Waals surface area contributed by atoms with Gasteiger partial charge < -0.3 is 14.7 Å². The van der Waals surface area contributed by atoms with Crippen LogP contribution in [0.1, 0.15) is 25.0 Å². The van der Waals surface area contributed by atoms with Gasteiger partial charge in [-0.3, -0.25) is 4.98 Å². The van der Waals surface area contributed by atoms with Gasteiger partial charge in [-0.25, -0.2) is 4.98 Å². The lowest BCUT2D eigenvalue weighted by Crippen LogP contribution is -2.49. The molecule has 0 bridgehead atoms. The lowest BCUT2D eigenvalue weighted by Gasteiger charge is -2.38. The average molecular weight is 235 g/mol. The van der Waals surface area contributed by atoms with E-state index in [1.807, 2.05) is 0 Å². The number of hydrogen-bond acceptors (Lipinski definition) is 5. The fourth-order valence-corrected chi connectivity index (χ4v) is 2.82. The lowest BCUT2D eigenvalue weighted by atomic mass is 10.1. The van der Waals surface area contributed by atoms with Crippen LogP contribution in [0.25, 0.3) is 0 Å². The SMILES string of the molecule is OCc1cncc(N2CCOC3CCCC32)n1. The van der Waals surface area contributed by atoms with Crippen molar-refractivity contribution in [3.8, 4) is 0 Å². The monoisotopic (exact) mass is 235 g/mol. The molecule has 3 rings (SSSR count). The smallest absolute Gasteiger partial charge is 0.147 e. The zero-order valence-corrected chi connectivity index (χ0v) is 9.75. The van der Waals surface area contributed by atoms with Crippen molar-refractivity contribution in [2.24, 2.45) is 0 Å². The third-order valence-corrected chi connectivity index (χ3v) is 3.61. The molecule has 5 nitrogen and oxygen atoms in total. The van der Waals surface area contributed by atoms with Crippen molar-refractivity contribution < 1.29 is 9.84 Å². The van der Waals surface area contributed by atoms with Gasteiger partial charge in [0.25, 0.3) is 0 Å². The number of fused-ring (bicyclic) bond motifs is 1. The van der Waals surface area contributed by atoms with Gasteiger partial charge in [0.05, 0.1) is 43.4 Å². The highest BCUT2D eigenvalue weighted by atomic mass is 16.5. The maximum absolute atomic E-state index is 9.10. The molecular formula is C12H17N3O2. The van der Waals surface area contributed by atoms with E-state index in [9.17, 15) is 0 Å². The van der Waals surface area contributed by atoms with E-state index in [0.29, 0.717) is 17.8 Å². The molecule has 2 unspecified atom stereocenters. The summed E-state index contributed by atoms with van der Waals surface area (Å²) in [4.78, 5) is 10.9. The standard InChI is InChI=1S/C12H17N3O2/c16-8-9-6-13-7-12(14-9)15-4-5-17-11-3-1-2-10(11)15/h6-7,10-11,16H,1-5,8H2. The van der Waals surface area contributed by atoms with Gasteiger partial charge in [-0.1, -0.05) is 0 Å². The van der Waals surface area contributed by atoms with Crippen molar-refractivity contribution in [3.05, 3.63) is 18.1 Å². The van der Waals surface area contributed by atoms with E-state index in [-0.39, 0.29) is 6.61 Å². The summed E-state index contributed by atoms with van der Waals surface area (Å²) in [7, 11) is 0. The third-order valence-electron chi connectivity index (χ3n) is 3.61. The van der Waals surface area contributed by atoms with E-state index in [0.717, 1.165) is 31.8 Å². The van der Waals surface area contributed by atoms with Gasteiger partial charge in [0, 0.05) is 6.54 Å². The van der Waals surface area contributed by atoms with E-state index >= 15 is 0 Å². The molecule has 2 fully saturated rings. The topological polar surface area (TPSA) is 58.5 Å². The first kappa shape index (κ1) is 10.9. The lowest BCUT2D eigenvalue weighted by molar-refractivity contribution is 0.0252. The molecular weight excluding hydrogens is 218 g/mol. The number of morpholine rings is 1. The first-order chi connectivity index (χ1) is 8.38. The van der Waals surface area contributed by atoms with E-state index in [4.69, 9.17) is 9.84 Å². The Balaban J connectivity index is 1.86. The van der Waals surface area contributed by atoms with Crippen molar-refractivity contribution in [3.63, 3.8) is 0 Å². The summed E-state index contributed by atoms with van der Waals surface area (Å²) in [5.41, 5.74) is 0.628. The molecule has 5 heteroatoms. The fraction of sp³-hybridized carbons (Fsp3) is 0.667. The Hall–Kier alpha value is -1.20. The number of ether oxygens (including phenoxy) is 1. The van der Waals surface area contributed by atoms with Crippen LogP contribution in [-0.4, -0.2) is 40.4 Å². The Morgan fingerprint density at radius 3 is 3.24 bits per heavy atom. The Morgan fingerprint density at radius 2 is 2.35 bits per heavy atom. The molecule has 0 spiro atoms. The van der Waals surface area contributed by atoms with E-state index in [1.54, 1.807) is 12.4 Å². The highest BCUT2D eigenvalue weighted by molar-refractivity contribution is 5.39. The van der Waals surface area contributed by atoms with E-state index in [1.165, 1.54) is 6.42 Å². The molecule has 0 aromatic carbocycles. The van der Waals surface area contributed by atoms with Crippen LogP contribution in [0.4, 0.5) is 5.82 Å². The van der Waals surface area contributed by atoms with Crippen LogP contribution in [0.2, 0.25) is 0 Å². The maximum atomic E-state index is 9.10. The van der Waals surface area contributed by atoms with E-state index in [2.05, 4.69) is 14.9 Å². The molecule has 1 aliphatic heterocycles. The predicted molar refractivity (Wildman–Crippen MR) is 62.7 cm³/mol. The Bertz CT molecular complexity index is 399. The van der Waals surface area contributed by atoms with Crippen molar-refractivity contribution in [1.82, 2.24) is 9.97 Å². The Kier molecular flexibility index (Phi) is 2.94. The summed E-state index contributed by atoms with van der Waals surface area (Å²) in [5.74, 6) is 0.872. The molecule has 1 saturated heterocycles. The Labute approximate surface area is 100 Å². The molecule has 1 aromatic rings. The highest BCUT2D eigenvalue weighted by Crippen LogP contribution is 2.31. The number of nitrogens with zero attached hydrogens (tertiary/aromatic N) is 3. The third kappa shape index (κ3) is 2.00. The average Bonchev–Trinajstić information content (AvgIpc) is 2.87. The quantitative estimate of drug-likeness (QED) is 0.818. The van der Waals surface area contributed by atoms with Crippen molar-refractivity contribution >= 4 is 5.82 Å². The fourth-order valence-electron chi connectivity index (χ4n) is 2.82. The second-order valence-electron chi connectivity index (χ2n) is 4.63. The number of aliphatic hydroxyl groups is 1. The van der Waals surface area contributed by atoms with Crippen LogP contribution < -0.4 is 4.90 Å². The maximum Gasteiger partial charge on any atom is 0.147 e. The van der Waals surface area contributed by atoms with Crippen LogP contribution in [-0.2, 0) is 11.3 Å². The number of aromatic nitrogens is 2. The summed E-state index contributed by atoms with van der Waals surface area (Å²) >= 11 is 0. The number of rotatable bonds is 2. The van der Waals surface area contributed by atoms with Crippen LogP contribution >= 0.6 is 0 Å². The molecule has 0 amide bonds. The van der Waals surface area contributed by atoms with Gasteiger partial charge in [-0.05, 0) is 19.3 Å². The van der Waals surface area contributed by atoms with Crippen LogP contribution in [0.3, 0.4) is 0 Å². The minimum Gasteiger partial charge on any atom is -0.390 e. The molecule has 1 N–H and O–H groups in total. The second kappa shape index (κ2) is 4.58. The van der Waals surface area contributed by atoms with Crippen LogP contribution in [0.5, 0.6) is 0 Å². The minimum absolute atomic E-state index is 0.0563. The van der Waals surface area contributed by atoms with Crippen LogP contribution in [0, 0.1) is 0 Å². The molecule has 2 aliphatic rings. The van der Waals surface area contributed by atoms with Gasteiger partial charge in [0.2, 0.25) is 0 Å². The second-order valence-corrected chi connectivity index (χ2v) is 4.63. The van der Waals surface area contributed by atoms with Gasteiger partial charge in [-0.2, -0.15) is 0 Å². The molecule has 1 aliphatic carbocycles. The minimum atomic E-state index is -0.0563. The Morgan fingerprint density at radius 1 is 1.41 bits per heavy atom. The zero-order chi connectivity index (χ0) is 11.7. The van der Waals surface area contributed by atoms with Crippen molar-refractivity contribution in [2.45, 2.75) is 38.0 Å². The summed E-state index contributed by atoms with van der Waals surface area (Å²) in [6, 6.07) is 0.437. The van der Waals surface area contributed by atoms with Gasteiger partial charge >= 0.3 is 0 Å². The van der Waals surface area contributed by atoms with Gasteiger partial charge in [0.1, 0.15) is 5.82 Å². The zero-order valence-electron chi connectivity index (χ0n) is 9.75. The largest absolute Gasteiger partial charge is 0.390 e. The molecule has 17 heavy (non-hydrogen) atoms. The summed E-state index contributed by atoms with van der Waals surface area (Å²) in [6.45, 7) is 1.57. The molecule has 92 valence electrons. The first-order valence-corrected chi connectivity index (χ1v) is 6.18. The number of hydrogen-bond donors (Lipinski definition) is 1. The van der Waals surface area contributed by atoms with Crippen molar-refractivity contribution in [1.29, 1.82) is 0 Å². The molecule has 1 saturated carbocycles.